The second-order valence-electron chi connectivity index (χ2n) is 4.85. The Labute approximate surface area is 129 Å². The molecule has 1 heterocycles. The van der Waals surface area contributed by atoms with E-state index in [1.807, 2.05) is 31.2 Å². The van der Waals surface area contributed by atoms with E-state index < -0.39 is 5.82 Å². The third-order valence-corrected chi connectivity index (χ3v) is 3.22. The Morgan fingerprint density at radius 1 is 1.32 bits per heavy atom. The molecule has 2 aromatic rings. The summed E-state index contributed by atoms with van der Waals surface area (Å²) in [7, 11) is 1.37. The number of rotatable bonds is 7. The van der Waals surface area contributed by atoms with Crippen molar-refractivity contribution < 1.29 is 13.9 Å². The molecule has 118 valence electrons. The standard InChI is InChI=1S/C16H20FN3O2/c1-4-11(2)22-14-8-6-5-7-12(14)9-18-16-19-10-13(17)15(20-16)21-3/h5-8,10-11H,4,9H2,1-3H3,(H,18,19,20). The SMILES string of the molecule is CCC(C)Oc1ccccc1CNc1ncc(F)c(OC)n1. The third-order valence-electron chi connectivity index (χ3n) is 3.22. The van der Waals surface area contributed by atoms with Crippen LogP contribution in [-0.4, -0.2) is 23.2 Å². The van der Waals surface area contributed by atoms with Crippen molar-refractivity contribution in [2.75, 3.05) is 12.4 Å². The van der Waals surface area contributed by atoms with Crippen molar-refractivity contribution in [1.82, 2.24) is 9.97 Å². The molecular weight excluding hydrogens is 285 g/mol. The molecule has 2 rings (SSSR count). The average Bonchev–Trinajstić information content (AvgIpc) is 2.55. The van der Waals surface area contributed by atoms with E-state index in [1.165, 1.54) is 7.11 Å². The van der Waals surface area contributed by atoms with Crippen molar-refractivity contribution in [3.63, 3.8) is 0 Å². The van der Waals surface area contributed by atoms with Gasteiger partial charge in [-0.2, -0.15) is 9.37 Å². The van der Waals surface area contributed by atoms with Gasteiger partial charge in [-0.15, -0.1) is 0 Å². The number of benzene rings is 1. The summed E-state index contributed by atoms with van der Waals surface area (Å²) in [5.41, 5.74) is 0.981. The topological polar surface area (TPSA) is 56.3 Å². The van der Waals surface area contributed by atoms with Gasteiger partial charge >= 0.3 is 0 Å². The molecule has 0 bridgehead atoms. The van der Waals surface area contributed by atoms with E-state index in [4.69, 9.17) is 9.47 Å². The zero-order valence-corrected chi connectivity index (χ0v) is 13.0. The zero-order valence-electron chi connectivity index (χ0n) is 13.0. The van der Waals surface area contributed by atoms with E-state index >= 15 is 0 Å². The zero-order chi connectivity index (χ0) is 15.9. The van der Waals surface area contributed by atoms with Gasteiger partial charge in [-0.1, -0.05) is 25.1 Å². The largest absolute Gasteiger partial charge is 0.490 e. The van der Waals surface area contributed by atoms with Gasteiger partial charge in [-0.25, -0.2) is 4.98 Å². The fraction of sp³-hybridized carbons (Fsp3) is 0.375. The lowest BCUT2D eigenvalue weighted by Crippen LogP contribution is -2.12. The molecule has 1 aromatic heterocycles. The Kier molecular flexibility index (Phi) is 5.52. The molecule has 0 aliphatic rings. The maximum atomic E-state index is 13.3. The second kappa shape index (κ2) is 7.59. The number of aromatic nitrogens is 2. The fourth-order valence-corrected chi connectivity index (χ4v) is 1.82. The predicted molar refractivity (Wildman–Crippen MR) is 82.7 cm³/mol. The Morgan fingerprint density at radius 3 is 2.82 bits per heavy atom. The first-order valence-corrected chi connectivity index (χ1v) is 7.19. The van der Waals surface area contributed by atoms with E-state index in [0.717, 1.165) is 23.9 Å². The smallest absolute Gasteiger partial charge is 0.255 e. The first-order chi connectivity index (χ1) is 10.6. The molecule has 1 unspecified atom stereocenters. The summed E-state index contributed by atoms with van der Waals surface area (Å²) in [5.74, 6) is 0.449. The van der Waals surface area contributed by atoms with Crippen LogP contribution in [0.4, 0.5) is 10.3 Å². The third kappa shape index (κ3) is 4.07. The maximum absolute atomic E-state index is 13.3. The molecule has 0 saturated carbocycles. The van der Waals surface area contributed by atoms with Crippen molar-refractivity contribution >= 4 is 5.95 Å². The Balaban J connectivity index is 2.08. The lowest BCUT2D eigenvalue weighted by atomic mass is 10.2. The first-order valence-electron chi connectivity index (χ1n) is 7.19. The number of anilines is 1. The molecule has 0 amide bonds. The summed E-state index contributed by atoms with van der Waals surface area (Å²) in [6.07, 6.45) is 2.15. The van der Waals surface area contributed by atoms with E-state index in [-0.39, 0.29) is 12.0 Å². The molecule has 0 aliphatic carbocycles. The van der Waals surface area contributed by atoms with Crippen LogP contribution in [0.2, 0.25) is 0 Å². The van der Waals surface area contributed by atoms with Crippen molar-refractivity contribution in [2.45, 2.75) is 32.9 Å². The first kappa shape index (κ1) is 16.0. The minimum atomic E-state index is -0.589. The van der Waals surface area contributed by atoms with E-state index in [2.05, 4.69) is 22.2 Å². The summed E-state index contributed by atoms with van der Waals surface area (Å²) in [5, 5.41) is 3.05. The van der Waals surface area contributed by atoms with Crippen LogP contribution in [0.3, 0.4) is 0 Å². The van der Waals surface area contributed by atoms with Crippen molar-refractivity contribution in [3.05, 3.63) is 41.8 Å². The molecule has 0 saturated heterocycles. The lowest BCUT2D eigenvalue weighted by Gasteiger charge is -2.16. The van der Waals surface area contributed by atoms with Crippen LogP contribution in [0.1, 0.15) is 25.8 Å². The molecule has 1 aromatic carbocycles. The number of nitrogens with zero attached hydrogens (tertiary/aromatic N) is 2. The quantitative estimate of drug-likeness (QED) is 0.849. The van der Waals surface area contributed by atoms with Gasteiger partial charge < -0.3 is 14.8 Å². The van der Waals surface area contributed by atoms with Crippen LogP contribution < -0.4 is 14.8 Å². The van der Waals surface area contributed by atoms with Gasteiger partial charge in [0.25, 0.3) is 5.88 Å². The Morgan fingerprint density at radius 2 is 2.09 bits per heavy atom. The number of hydrogen-bond acceptors (Lipinski definition) is 5. The highest BCUT2D eigenvalue weighted by Gasteiger charge is 2.09. The van der Waals surface area contributed by atoms with Gasteiger partial charge in [0.15, 0.2) is 0 Å². The molecule has 0 fully saturated rings. The van der Waals surface area contributed by atoms with E-state index in [9.17, 15) is 4.39 Å². The van der Waals surface area contributed by atoms with Crippen LogP contribution >= 0.6 is 0 Å². The fourth-order valence-electron chi connectivity index (χ4n) is 1.82. The van der Waals surface area contributed by atoms with Crippen LogP contribution in [0, 0.1) is 5.82 Å². The monoisotopic (exact) mass is 305 g/mol. The van der Waals surface area contributed by atoms with Crippen LogP contribution in [0.25, 0.3) is 0 Å². The van der Waals surface area contributed by atoms with Gasteiger partial charge in [-0.05, 0) is 19.4 Å². The highest BCUT2D eigenvalue weighted by Crippen LogP contribution is 2.21. The van der Waals surface area contributed by atoms with Crippen LogP contribution in [0.15, 0.2) is 30.5 Å². The minimum Gasteiger partial charge on any atom is -0.490 e. The minimum absolute atomic E-state index is 0.0818. The summed E-state index contributed by atoms with van der Waals surface area (Å²) in [4.78, 5) is 7.84. The normalized spacial score (nSPS) is 11.8. The number of para-hydroxylation sites is 1. The Bertz CT molecular complexity index is 622. The number of nitrogens with one attached hydrogen (secondary N) is 1. The highest BCUT2D eigenvalue weighted by atomic mass is 19.1. The van der Waals surface area contributed by atoms with E-state index in [1.54, 1.807) is 0 Å². The molecule has 0 radical (unpaired) electrons. The number of hydrogen-bond donors (Lipinski definition) is 1. The van der Waals surface area contributed by atoms with Crippen molar-refractivity contribution in [1.29, 1.82) is 0 Å². The predicted octanol–water partition coefficient (Wildman–Crippen LogP) is 3.41. The average molecular weight is 305 g/mol. The van der Waals surface area contributed by atoms with Gasteiger partial charge in [-0.3, -0.25) is 0 Å². The lowest BCUT2D eigenvalue weighted by molar-refractivity contribution is 0.215. The second-order valence-corrected chi connectivity index (χ2v) is 4.85. The summed E-state index contributed by atoms with van der Waals surface area (Å²) in [6.45, 7) is 4.57. The summed E-state index contributed by atoms with van der Waals surface area (Å²) >= 11 is 0. The molecule has 1 N–H and O–H groups in total. The molecule has 22 heavy (non-hydrogen) atoms. The van der Waals surface area contributed by atoms with Crippen LogP contribution in [-0.2, 0) is 6.54 Å². The van der Waals surface area contributed by atoms with E-state index in [0.29, 0.717) is 12.5 Å². The molecule has 5 nitrogen and oxygen atoms in total. The summed E-state index contributed by atoms with van der Waals surface area (Å²) in [6, 6.07) is 7.76. The van der Waals surface area contributed by atoms with Crippen molar-refractivity contribution in [3.8, 4) is 11.6 Å². The van der Waals surface area contributed by atoms with Crippen LogP contribution in [0.5, 0.6) is 11.6 Å². The highest BCUT2D eigenvalue weighted by molar-refractivity contribution is 5.37. The Hall–Kier alpha value is -2.37. The van der Waals surface area contributed by atoms with Gasteiger partial charge in [0.2, 0.25) is 11.8 Å². The molecule has 1 atom stereocenters. The van der Waals surface area contributed by atoms with Gasteiger partial charge in [0.1, 0.15) is 5.75 Å². The van der Waals surface area contributed by atoms with Gasteiger partial charge in [0.05, 0.1) is 19.4 Å². The molecule has 0 spiro atoms. The maximum Gasteiger partial charge on any atom is 0.255 e. The number of ether oxygens (including phenoxy) is 2. The van der Waals surface area contributed by atoms with Gasteiger partial charge in [0, 0.05) is 12.1 Å². The van der Waals surface area contributed by atoms with Crippen molar-refractivity contribution in [2.24, 2.45) is 0 Å². The molecular formula is C16H20FN3O2. The number of methoxy groups -OCH3 is 1. The summed E-state index contributed by atoms with van der Waals surface area (Å²) < 4.78 is 24.0. The molecule has 0 aliphatic heterocycles. The molecule has 6 heteroatoms. The number of halogens is 1.